The molecule has 0 unspecified atom stereocenters. The molecule has 2 nitrogen and oxygen atoms in total. The zero-order chi connectivity index (χ0) is 39.8. The second kappa shape index (κ2) is 15.1. The van der Waals surface area contributed by atoms with E-state index in [-0.39, 0.29) is 0 Å². The van der Waals surface area contributed by atoms with Crippen molar-refractivity contribution >= 4 is 49.8 Å². The van der Waals surface area contributed by atoms with Gasteiger partial charge in [-0.25, -0.2) is 0 Å². The fourth-order valence-corrected chi connectivity index (χ4v) is 8.67. The molecule has 0 saturated carbocycles. The molecule has 0 atom stereocenters. The summed E-state index contributed by atoms with van der Waals surface area (Å²) in [5.74, 6) is 0. The highest BCUT2D eigenvalue weighted by Crippen LogP contribution is 2.41. The van der Waals surface area contributed by atoms with Gasteiger partial charge in [-0.3, -0.25) is 0 Å². The molecule has 11 rings (SSSR count). The fraction of sp³-hybridized carbons (Fsp3) is 0. The van der Waals surface area contributed by atoms with E-state index >= 15 is 0 Å². The standard InChI is InChI=1S/C58H39NO/c1-2-12-40(13-3-1)46-16-8-17-47(38-46)42-30-34-49(35-31-42)59(50-36-32-44(33-37-50)53-22-10-15-43-14-4-5-20-52(43)53)51-19-9-18-48(39-51)41-26-28-45(29-27-41)54-23-11-24-56-55-21-6-7-25-57(55)60-58(54)56/h1-39H. The summed E-state index contributed by atoms with van der Waals surface area (Å²) in [5, 5.41) is 4.78. The molecule has 2 heteroatoms. The van der Waals surface area contributed by atoms with Gasteiger partial charge in [-0.2, -0.15) is 0 Å². The predicted octanol–water partition coefficient (Wildman–Crippen LogP) is 16.5. The molecule has 0 spiro atoms. The lowest BCUT2D eigenvalue weighted by atomic mass is 9.97. The number of anilines is 3. The number of furan rings is 1. The van der Waals surface area contributed by atoms with Gasteiger partial charge in [0.2, 0.25) is 0 Å². The van der Waals surface area contributed by atoms with Crippen LogP contribution in [0, 0.1) is 0 Å². The Morgan fingerprint density at radius 3 is 1.48 bits per heavy atom. The Balaban J connectivity index is 0.961. The van der Waals surface area contributed by atoms with Crippen molar-refractivity contribution in [3.63, 3.8) is 0 Å². The normalized spacial score (nSPS) is 11.3. The zero-order valence-corrected chi connectivity index (χ0v) is 32.9. The molecule has 1 heterocycles. The molecule has 282 valence electrons. The number of hydrogen-bond donors (Lipinski definition) is 0. The van der Waals surface area contributed by atoms with Crippen molar-refractivity contribution in [2.24, 2.45) is 0 Å². The highest BCUT2D eigenvalue weighted by atomic mass is 16.3. The van der Waals surface area contributed by atoms with Crippen molar-refractivity contribution in [3.05, 3.63) is 237 Å². The number of para-hydroxylation sites is 2. The number of hydrogen-bond acceptors (Lipinski definition) is 2. The maximum Gasteiger partial charge on any atom is 0.143 e. The van der Waals surface area contributed by atoms with Crippen LogP contribution in [0.5, 0.6) is 0 Å². The molecular weight excluding hydrogens is 727 g/mol. The smallest absolute Gasteiger partial charge is 0.143 e. The van der Waals surface area contributed by atoms with Crippen LogP contribution in [-0.4, -0.2) is 0 Å². The first kappa shape index (κ1) is 35.2. The van der Waals surface area contributed by atoms with Gasteiger partial charge in [-0.05, 0) is 109 Å². The van der Waals surface area contributed by atoms with E-state index in [9.17, 15) is 0 Å². The Bertz CT molecular complexity index is 3280. The third kappa shape index (κ3) is 6.51. The van der Waals surface area contributed by atoms with Crippen LogP contribution in [0.1, 0.15) is 0 Å². The molecule has 10 aromatic carbocycles. The SMILES string of the molecule is c1ccc(-c2cccc(-c3ccc(N(c4ccc(-c5cccc6ccccc56)cc4)c4cccc(-c5ccc(-c6cccc7c6oc6ccccc67)cc5)c4)cc3)c2)cc1. The fourth-order valence-electron chi connectivity index (χ4n) is 8.67. The van der Waals surface area contributed by atoms with Crippen molar-refractivity contribution in [2.75, 3.05) is 4.90 Å². The summed E-state index contributed by atoms with van der Waals surface area (Å²) in [4.78, 5) is 2.36. The average molecular weight is 766 g/mol. The maximum absolute atomic E-state index is 6.38. The Labute approximate surface area is 349 Å². The highest BCUT2D eigenvalue weighted by Gasteiger charge is 2.16. The first-order valence-electron chi connectivity index (χ1n) is 20.5. The summed E-state index contributed by atoms with van der Waals surface area (Å²) < 4.78 is 6.38. The van der Waals surface area contributed by atoms with Crippen LogP contribution < -0.4 is 4.90 Å². The molecule has 0 radical (unpaired) electrons. The van der Waals surface area contributed by atoms with Crippen LogP contribution in [-0.2, 0) is 0 Å². The predicted molar refractivity (Wildman–Crippen MR) is 253 cm³/mol. The molecule has 0 aliphatic rings. The first-order valence-corrected chi connectivity index (χ1v) is 20.5. The van der Waals surface area contributed by atoms with Gasteiger partial charge in [0.1, 0.15) is 11.2 Å². The summed E-state index contributed by atoms with van der Waals surface area (Å²) in [6.07, 6.45) is 0. The number of benzene rings is 10. The third-order valence-electron chi connectivity index (χ3n) is 11.7. The second-order valence-electron chi connectivity index (χ2n) is 15.3. The van der Waals surface area contributed by atoms with Gasteiger partial charge in [-0.1, -0.05) is 188 Å². The Hall–Kier alpha value is -7.94. The summed E-state index contributed by atoms with van der Waals surface area (Å²) in [7, 11) is 0. The first-order chi connectivity index (χ1) is 29.7. The van der Waals surface area contributed by atoms with Gasteiger partial charge in [-0.15, -0.1) is 0 Å². The molecule has 0 fully saturated rings. The molecule has 0 N–H and O–H groups in total. The molecule has 0 aliphatic heterocycles. The summed E-state index contributed by atoms with van der Waals surface area (Å²) in [5.41, 5.74) is 16.8. The van der Waals surface area contributed by atoms with Crippen LogP contribution in [0.4, 0.5) is 17.1 Å². The quantitative estimate of drug-likeness (QED) is 0.153. The topological polar surface area (TPSA) is 16.4 Å². The molecule has 0 saturated heterocycles. The lowest BCUT2D eigenvalue weighted by molar-refractivity contribution is 0.670. The minimum Gasteiger partial charge on any atom is -0.455 e. The number of rotatable bonds is 8. The van der Waals surface area contributed by atoms with Gasteiger partial charge < -0.3 is 9.32 Å². The van der Waals surface area contributed by atoms with Gasteiger partial charge in [0, 0.05) is 33.4 Å². The minimum atomic E-state index is 0.910. The molecule has 0 amide bonds. The Kier molecular flexibility index (Phi) is 8.87. The number of fused-ring (bicyclic) bond motifs is 4. The largest absolute Gasteiger partial charge is 0.455 e. The lowest BCUT2D eigenvalue weighted by Crippen LogP contribution is -2.10. The Morgan fingerprint density at radius 2 is 0.733 bits per heavy atom. The molecule has 0 aliphatic carbocycles. The van der Waals surface area contributed by atoms with Crippen molar-refractivity contribution in [1.29, 1.82) is 0 Å². The van der Waals surface area contributed by atoms with Crippen LogP contribution in [0.15, 0.2) is 241 Å². The van der Waals surface area contributed by atoms with Crippen LogP contribution >= 0.6 is 0 Å². The van der Waals surface area contributed by atoms with Crippen molar-refractivity contribution in [1.82, 2.24) is 0 Å². The van der Waals surface area contributed by atoms with E-state index < -0.39 is 0 Å². The van der Waals surface area contributed by atoms with Crippen molar-refractivity contribution in [2.45, 2.75) is 0 Å². The summed E-state index contributed by atoms with van der Waals surface area (Å²) in [6, 6.07) is 84.8. The van der Waals surface area contributed by atoms with Gasteiger partial charge in [0.15, 0.2) is 0 Å². The van der Waals surface area contributed by atoms with Crippen LogP contribution in [0.2, 0.25) is 0 Å². The summed E-state index contributed by atoms with van der Waals surface area (Å²) >= 11 is 0. The molecular formula is C58H39NO. The van der Waals surface area contributed by atoms with Crippen LogP contribution in [0.25, 0.3) is 88.3 Å². The van der Waals surface area contributed by atoms with Crippen LogP contribution in [0.3, 0.4) is 0 Å². The van der Waals surface area contributed by atoms with E-state index in [2.05, 4.69) is 229 Å². The molecule has 11 aromatic rings. The number of nitrogens with zero attached hydrogens (tertiary/aromatic N) is 1. The van der Waals surface area contributed by atoms with E-state index in [0.717, 1.165) is 61.3 Å². The van der Waals surface area contributed by atoms with E-state index in [1.165, 1.54) is 44.2 Å². The van der Waals surface area contributed by atoms with Crippen molar-refractivity contribution in [3.8, 4) is 55.6 Å². The highest BCUT2D eigenvalue weighted by molar-refractivity contribution is 6.09. The van der Waals surface area contributed by atoms with Gasteiger partial charge in [0.05, 0.1) is 0 Å². The van der Waals surface area contributed by atoms with Gasteiger partial charge in [0.25, 0.3) is 0 Å². The summed E-state index contributed by atoms with van der Waals surface area (Å²) in [6.45, 7) is 0. The average Bonchev–Trinajstić information content (AvgIpc) is 3.72. The second-order valence-corrected chi connectivity index (χ2v) is 15.3. The molecule has 0 bridgehead atoms. The Morgan fingerprint density at radius 1 is 0.267 bits per heavy atom. The zero-order valence-electron chi connectivity index (χ0n) is 32.9. The van der Waals surface area contributed by atoms with E-state index in [1.54, 1.807) is 0 Å². The lowest BCUT2D eigenvalue weighted by Gasteiger charge is -2.26. The molecule has 60 heavy (non-hydrogen) atoms. The van der Waals surface area contributed by atoms with Crippen molar-refractivity contribution < 1.29 is 4.42 Å². The maximum atomic E-state index is 6.38. The molecule has 1 aromatic heterocycles. The third-order valence-corrected chi connectivity index (χ3v) is 11.7. The van der Waals surface area contributed by atoms with E-state index in [1.807, 2.05) is 12.1 Å². The van der Waals surface area contributed by atoms with E-state index in [4.69, 9.17) is 4.42 Å². The van der Waals surface area contributed by atoms with Gasteiger partial charge >= 0.3 is 0 Å². The van der Waals surface area contributed by atoms with E-state index in [0.29, 0.717) is 0 Å². The monoisotopic (exact) mass is 765 g/mol. The minimum absolute atomic E-state index is 0.910.